The minimum Gasteiger partial charge on any atom is -0.497 e. The zero-order valence-electron chi connectivity index (χ0n) is 18.9. The highest BCUT2D eigenvalue weighted by molar-refractivity contribution is 7.99. The number of anilines is 1. The first kappa shape index (κ1) is 23.2. The average Bonchev–Trinajstić information content (AvgIpc) is 3.48. The molecule has 2 aromatic carbocycles. The second kappa shape index (κ2) is 10.00. The SMILES string of the molecule is COc1ccc(-n2c(Cc3cc(=O)[nH]c(=O)[nH]3)nnc2SCC(=O)Nc2ccc3c(c2)OCO3)cc1. The molecule has 36 heavy (non-hydrogen) atoms. The molecule has 0 atom stereocenters. The van der Waals surface area contributed by atoms with Crippen LogP contribution in [0.15, 0.2) is 63.3 Å². The molecule has 184 valence electrons. The van der Waals surface area contributed by atoms with E-state index in [1.54, 1.807) is 42.0 Å². The lowest BCUT2D eigenvalue weighted by Gasteiger charge is -2.11. The normalized spacial score (nSPS) is 11.9. The van der Waals surface area contributed by atoms with Gasteiger partial charge in [0.2, 0.25) is 12.7 Å². The lowest BCUT2D eigenvalue weighted by molar-refractivity contribution is -0.113. The third-order valence-corrected chi connectivity index (χ3v) is 6.11. The fourth-order valence-corrected chi connectivity index (χ4v) is 4.36. The molecule has 0 saturated heterocycles. The van der Waals surface area contributed by atoms with Crippen molar-refractivity contribution in [1.29, 1.82) is 0 Å². The molecule has 3 N–H and O–H groups in total. The van der Waals surface area contributed by atoms with Crippen LogP contribution >= 0.6 is 11.8 Å². The number of benzene rings is 2. The molecular formula is C23H20N6O6S. The molecule has 0 unspecified atom stereocenters. The van der Waals surface area contributed by atoms with Crippen LogP contribution in [-0.4, -0.2) is 50.3 Å². The Hall–Kier alpha value is -4.52. The number of ether oxygens (including phenoxy) is 3. The zero-order chi connectivity index (χ0) is 25.1. The fraction of sp³-hybridized carbons (Fsp3) is 0.174. The van der Waals surface area contributed by atoms with Gasteiger partial charge in [0.15, 0.2) is 16.7 Å². The van der Waals surface area contributed by atoms with E-state index in [4.69, 9.17) is 14.2 Å². The molecule has 0 fully saturated rings. The van der Waals surface area contributed by atoms with Crippen molar-refractivity contribution >= 4 is 23.4 Å². The van der Waals surface area contributed by atoms with Crippen LogP contribution in [0.3, 0.4) is 0 Å². The number of hydrogen-bond donors (Lipinski definition) is 3. The van der Waals surface area contributed by atoms with Crippen molar-refractivity contribution in [3.63, 3.8) is 0 Å². The molecule has 0 bridgehead atoms. The number of methoxy groups -OCH3 is 1. The number of H-pyrrole nitrogens is 2. The number of thioether (sulfide) groups is 1. The summed E-state index contributed by atoms with van der Waals surface area (Å²) in [7, 11) is 1.57. The minimum atomic E-state index is -0.609. The molecule has 0 aliphatic carbocycles. The Morgan fingerprint density at radius 2 is 1.89 bits per heavy atom. The van der Waals surface area contributed by atoms with Gasteiger partial charge in [-0.3, -0.25) is 19.1 Å². The summed E-state index contributed by atoms with van der Waals surface area (Å²) >= 11 is 1.19. The molecule has 0 spiro atoms. The number of hydrogen-bond acceptors (Lipinski definition) is 9. The first-order valence-corrected chi connectivity index (χ1v) is 11.7. The Labute approximate surface area is 207 Å². The molecule has 5 rings (SSSR count). The zero-order valence-corrected chi connectivity index (χ0v) is 19.8. The lowest BCUT2D eigenvalue weighted by Crippen LogP contribution is -2.23. The van der Waals surface area contributed by atoms with Crippen molar-refractivity contribution in [2.24, 2.45) is 0 Å². The molecule has 12 nitrogen and oxygen atoms in total. The van der Waals surface area contributed by atoms with Gasteiger partial charge in [-0.15, -0.1) is 10.2 Å². The summed E-state index contributed by atoms with van der Waals surface area (Å²) in [6.07, 6.45) is 0.141. The van der Waals surface area contributed by atoms with E-state index in [1.165, 1.54) is 17.8 Å². The van der Waals surface area contributed by atoms with E-state index in [1.807, 2.05) is 12.1 Å². The van der Waals surface area contributed by atoms with E-state index in [2.05, 4.69) is 25.5 Å². The van der Waals surface area contributed by atoms with Gasteiger partial charge in [-0.2, -0.15) is 0 Å². The van der Waals surface area contributed by atoms with E-state index < -0.39 is 11.2 Å². The van der Waals surface area contributed by atoms with Crippen LogP contribution in [0.2, 0.25) is 0 Å². The monoisotopic (exact) mass is 508 g/mol. The van der Waals surface area contributed by atoms with Gasteiger partial charge < -0.3 is 24.5 Å². The number of rotatable bonds is 8. The number of carbonyl (C=O) groups is 1. The fourth-order valence-electron chi connectivity index (χ4n) is 3.59. The molecule has 13 heteroatoms. The molecule has 0 saturated carbocycles. The van der Waals surface area contributed by atoms with Crippen molar-refractivity contribution in [3.05, 3.63) is 80.9 Å². The maximum atomic E-state index is 12.6. The third kappa shape index (κ3) is 5.10. The standard InChI is InChI=1S/C23H20N6O6S/c1-33-16-5-3-15(4-6-16)29-19(9-14-10-20(30)26-22(32)25-14)27-28-23(29)36-11-21(31)24-13-2-7-17-18(8-13)35-12-34-17/h2-8,10H,9,11-12H2,1H3,(H,24,31)(H2,25,26,30,32). The van der Waals surface area contributed by atoms with Gasteiger partial charge in [-0.25, -0.2) is 4.79 Å². The number of aromatic nitrogens is 5. The summed E-state index contributed by atoms with van der Waals surface area (Å²) < 4.78 is 17.6. The van der Waals surface area contributed by atoms with Crippen LogP contribution in [0.25, 0.3) is 5.69 Å². The summed E-state index contributed by atoms with van der Waals surface area (Å²) in [5, 5.41) is 11.8. The highest BCUT2D eigenvalue weighted by atomic mass is 32.2. The Bertz CT molecular complexity index is 1500. The number of aromatic amines is 2. The highest BCUT2D eigenvalue weighted by Gasteiger charge is 2.18. The van der Waals surface area contributed by atoms with E-state index in [0.29, 0.717) is 39.6 Å². The Balaban J connectivity index is 1.37. The van der Waals surface area contributed by atoms with Gasteiger partial charge in [0.1, 0.15) is 11.6 Å². The summed E-state index contributed by atoms with van der Waals surface area (Å²) in [6, 6.07) is 13.7. The number of nitrogens with one attached hydrogen (secondary N) is 3. The molecule has 1 amide bonds. The highest BCUT2D eigenvalue weighted by Crippen LogP contribution is 2.34. The summed E-state index contributed by atoms with van der Waals surface area (Å²) in [6.45, 7) is 0.150. The maximum Gasteiger partial charge on any atom is 0.325 e. The molecular weight excluding hydrogens is 488 g/mol. The average molecular weight is 509 g/mol. The largest absolute Gasteiger partial charge is 0.497 e. The number of amides is 1. The van der Waals surface area contributed by atoms with E-state index in [0.717, 1.165) is 5.69 Å². The minimum absolute atomic E-state index is 0.0601. The predicted molar refractivity (Wildman–Crippen MR) is 130 cm³/mol. The van der Waals surface area contributed by atoms with Gasteiger partial charge in [-0.1, -0.05) is 11.8 Å². The number of nitrogens with zero attached hydrogens (tertiary/aromatic N) is 3. The molecule has 4 aromatic rings. The first-order valence-electron chi connectivity index (χ1n) is 10.7. The second-order valence-corrected chi connectivity index (χ2v) is 8.57. The first-order chi connectivity index (χ1) is 17.5. The van der Waals surface area contributed by atoms with Gasteiger partial charge in [-0.05, 0) is 36.4 Å². The van der Waals surface area contributed by atoms with Crippen molar-refractivity contribution in [3.8, 4) is 22.9 Å². The molecule has 3 heterocycles. The second-order valence-electron chi connectivity index (χ2n) is 7.63. The van der Waals surface area contributed by atoms with Crippen molar-refractivity contribution in [2.75, 3.05) is 25.0 Å². The van der Waals surface area contributed by atoms with E-state index in [9.17, 15) is 14.4 Å². The molecule has 1 aliphatic rings. The van der Waals surface area contributed by atoms with Crippen molar-refractivity contribution in [1.82, 2.24) is 24.7 Å². The van der Waals surface area contributed by atoms with Gasteiger partial charge in [0.05, 0.1) is 12.9 Å². The van der Waals surface area contributed by atoms with Crippen LogP contribution < -0.4 is 30.8 Å². The maximum absolute atomic E-state index is 12.6. The van der Waals surface area contributed by atoms with Gasteiger partial charge in [0, 0.05) is 35.6 Å². The molecule has 1 aliphatic heterocycles. The Morgan fingerprint density at radius 3 is 2.67 bits per heavy atom. The van der Waals surface area contributed by atoms with E-state index in [-0.39, 0.29) is 24.9 Å². The van der Waals surface area contributed by atoms with Crippen molar-refractivity contribution in [2.45, 2.75) is 11.6 Å². The Kier molecular flexibility index (Phi) is 6.45. The van der Waals surface area contributed by atoms with Crippen LogP contribution in [0.4, 0.5) is 5.69 Å². The van der Waals surface area contributed by atoms with E-state index >= 15 is 0 Å². The van der Waals surface area contributed by atoms with Gasteiger partial charge in [0.25, 0.3) is 5.56 Å². The quantitative estimate of drug-likeness (QED) is 0.302. The lowest BCUT2D eigenvalue weighted by atomic mass is 10.2. The summed E-state index contributed by atoms with van der Waals surface area (Å²) in [5.74, 6) is 2.16. The molecule has 2 aromatic heterocycles. The van der Waals surface area contributed by atoms with Crippen LogP contribution in [-0.2, 0) is 11.2 Å². The summed E-state index contributed by atoms with van der Waals surface area (Å²) in [5.41, 5.74) is 0.562. The summed E-state index contributed by atoms with van der Waals surface area (Å²) in [4.78, 5) is 40.8. The molecule has 0 radical (unpaired) electrons. The van der Waals surface area contributed by atoms with Gasteiger partial charge >= 0.3 is 5.69 Å². The number of fused-ring (bicyclic) bond motifs is 1. The van der Waals surface area contributed by atoms with Crippen LogP contribution in [0.5, 0.6) is 17.2 Å². The van der Waals surface area contributed by atoms with Crippen LogP contribution in [0, 0.1) is 0 Å². The topological polar surface area (TPSA) is 153 Å². The predicted octanol–water partition coefficient (Wildman–Crippen LogP) is 1.70. The number of carbonyl (C=O) groups excluding carboxylic acids is 1. The van der Waals surface area contributed by atoms with Crippen molar-refractivity contribution < 1.29 is 19.0 Å². The Morgan fingerprint density at radius 1 is 1.08 bits per heavy atom. The smallest absolute Gasteiger partial charge is 0.325 e. The third-order valence-electron chi connectivity index (χ3n) is 5.18. The van der Waals surface area contributed by atoms with Crippen LogP contribution in [0.1, 0.15) is 11.5 Å².